The molecule has 0 radical (unpaired) electrons. The molecule has 0 aliphatic carbocycles. The lowest BCUT2D eigenvalue weighted by Crippen LogP contribution is -2.13. The third kappa shape index (κ3) is 7.20. The second-order valence-corrected chi connectivity index (χ2v) is 10.7. The summed E-state index contributed by atoms with van der Waals surface area (Å²) in [5, 5.41) is 0. The van der Waals surface area contributed by atoms with Gasteiger partial charge >= 0.3 is 0 Å². The van der Waals surface area contributed by atoms with E-state index in [9.17, 15) is 0 Å². The van der Waals surface area contributed by atoms with E-state index in [0.29, 0.717) is 5.88 Å². The van der Waals surface area contributed by atoms with Crippen LogP contribution in [0.4, 0.5) is 0 Å². The van der Waals surface area contributed by atoms with Gasteiger partial charge in [0.25, 0.3) is 0 Å². The average Bonchev–Trinajstić information content (AvgIpc) is 2.46. The van der Waals surface area contributed by atoms with Crippen molar-refractivity contribution < 1.29 is 0 Å². The zero-order chi connectivity index (χ0) is 18.5. The van der Waals surface area contributed by atoms with Crippen molar-refractivity contribution in [3.8, 4) is 0 Å². The van der Waals surface area contributed by atoms with Crippen LogP contribution in [-0.4, -0.2) is 0 Å². The SMILES string of the molecule is CC(C)(C)c1ccc(I)cc1.CC(C)(C)c1ccc(I)cc1CCl. The van der Waals surface area contributed by atoms with Crippen molar-refractivity contribution >= 4 is 56.8 Å². The van der Waals surface area contributed by atoms with Gasteiger partial charge in [0.1, 0.15) is 0 Å². The molecule has 0 aromatic heterocycles. The quantitative estimate of drug-likeness (QED) is 0.242. The van der Waals surface area contributed by atoms with Crippen LogP contribution in [-0.2, 0) is 16.7 Å². The third-order valence-corrected chi connectivity index (χ3v) is 5.41. The van der Waals surface area contributed by atoms with Crippen molar-refractivity contribution in [2.24, 2.45) is 0 Å². The Kier molecular flexibility index (Phi) is 8.54. The molecular weight excluding hydrogens is 541 g/mol. The van der Waals surface area contributed by atoms with Gasteiger partial charge < -0.3 is 0 Å². The van der Waals surface area contributed by atoms with Gasteiger partial charge in [0.15, 0.2) is 0 Å². The Morgan fingerprint density at radius 1 is 0.750 bits per heavy atom. The van der Waals surface area contributed by atoms with E-state index in [1.54, 1.807) is 0 Å². The molecule has 0 spiro atoms. The number of hydrogen-bond donors (Lipinski definition) is 0. The van der Waals surface area contributed by atoms with Crippen LogP contribution < -0.4 is 0 Å². The van der Waals surface area contributed by atoms with Crippen molar-refractivity contribution in [2.75, 3.05) is 0 Å². The minimum Gasteiger partial charge on any atom is -0.122 e. The maximum absolute atomic E-state index is 5.91. The number of benzene rings is 2. The molecule has 0 nitrogen and oxygen atoms in total. The van der Waals surface area contributed by atoms with Gasteiger partial charge in [0.2, 0.25) is 0 Å². The van der Waals surface area contributed by atoms with Gasteiger partial charge in [0.05, 0.1) is 0 Å². The van der Waals surface area contributed by atoms with E-state index in [0.717, 1.165) is 0 Å². The molecule has 0 unspecified atom stereocenters. The molecule has 24 heavy (non-hydrogen) atoms. The Hall–Kier alpha value is 0.190. The summed E-state index contributed by atoms with van der Waals surface area (Å²) in [5.41, 5.74) is 4.47. The lowest BCUT2D eigenvalue weighted by molar-refractivity contribution is 0.585. The van der Waals surface area contributed by atoms with Gasteiger partial charge in [0, 0.05) is 13.0 Å². The maximum Gasteiger partial charge on any atom is 0.0477 e. The molecule has 2 aromatic rings. The summed E-state index contributed by atoms with van der Waals surface area (Å²) in [6.45, 7) is 13.3. The monoisotopic (exact) mass is 568 g/mol. The normalized spacial score (nSPS) is 11.7. The second-order valence-electron chi connectivity index (χ2n) is 7.94. The highest BCUT2D eigenvalue weighted by Gasteiger charge is 2.17. The first-order valence-corrected chi connectivity index (χ1v) is 10.8. The lowest BCUT2D eigenvalue weighted by atomic mass is 9.84. The Balaban J connectivity index is 0.000000243. The van der Waals surface area contributed by atoms with Gasteiger partial charge in [-0.15, -0.1) is 11.6 Å². The van der Waals surface area contributed by atoms with E-state index in [1.807, 2.05) is 0 Å². The minimum atomic E-state index is 0.189. The fourth-order valence-electron chi connectivity index (χ4n) is 2.35. The molecule has 0 saturated heterocycles. The van der Waals surface area contributed by atoms with Gasteiger partial charge in [-0.25, -0.2) is 0 Å². The first-order chi connectivity index (χ1) is 10.9. The Morgan fingerprint density at radius 2 is 1.25 bits per heavy atom. The first-order valence-electron chi connectivity index (χ1n) is 8.06. The summed E-state index contributed by atoms with van der Waals surface area (Å²) in [6, 6.07) is 15.2. The van der Waals surface area contributed by atoms with Crippen molar-refractivity contribution in [1.29, 1.82) is 0 Å². The largest absolute Gasteiger partial charge is 0.122 e. The van der Waals surface area contributed by atoms with E-state index in [-0.39, 0.29) is 10.8 Å². The van der Waals surface area contributed by atoms with E-state index < -0.39 is 0 Å². The minimum absolute atomic E-state index is 0.189. The van der Waals surface area contributed by atoms with E-state index >= 15 is 0 Å². The number of hydrogen-bond acceptors (Lipinski definition) is 0. The van der Waals surface area contributed by atoms with Crippen LogP contribution in [0.2, 0.25) is 0 Å². The molecule has 3 heteroatoms. The highest BCUT2D eigenvalue weighted by molar-refractivity contribution is 14.1. The van der Waals surface area contributed by atoms with Crippen LogP contribution in [0.1, 0.15) is 58.2 Å². The smallest absolute Gasteiger partial charge is 0.0477 e. The molecule has 0 bridgehead atoms. The van der Waals surface area contributed by atoms with Gasteiger partial charge in [-0.05, 0) is 97.0 Å². The fourth-order valence-corrected chi connectivity index (χ4v) is 3.49. The molecule has 132 valence electrons. The Bertz CT molecular complexity index is 647. The fraction of sp³-hybridized carbons (Fsp3) is 0.429. The van der Waals surface area contributed by atoms with Crippen LogP contribution >= 0.6 is 56.8 Å². The summed E-state index contributed by atoms with van der Waals surface area (Å²) in [6.07, 6.45) is 0. The predicted octanol–water partition coefficient (Wildman–Crippen LogP) is 7.92. The average molecular weight is 569 g/mol. The number of halogens is 3. The van der Waals surface area contributed by atoms with Crippen LogP contribution in [0.25, 0.3) is 0 Å². The zero-order valence-electron chi connectivity index (χ0n) is 15.4. The van der Waals surface area contributed by atoms with Crippen LogP contribution in [0, 0.1) is 7.14 Å². The number of rotatable bonds is 1. The molecule has 2 rings (SSSR count). The highest BCUT2D eigenvalue weighted by Crippen LogP contribution is 2.28. The summed E-state index contributed by atoms with van der Waals surface area (Å²) in [5.74, 6) is 0.601. The Morgan fingerprint density at radius 3 is 1.67 bits per heavy atom. The van der Waals surface area contributed by atoms with Crippen molar-refractivity contribution in [2.45, 2.75) is 58.3 Å². The van der Waals surface area contributed by atoms with Crippen molar-refractivity contribution in [3.05, 3.63) is 66.3 Å². The molecule has 0 saturated carbocycles. The summed E-state index contributed by atoms with van der Waals surface area (Å²) < 4.78 is 2.55. The molecule has 0 aliphatic rings. The molecule has 0 N–H and O–H groups in total. The van der Waals surface area contributed by atoms with Gasteiger partial charge in [-0.2, -0.15) is 0 Å². The van der Waals surface area contributed by atoms with E-state index in [2.05, 4.69) is 129 Å². The van der Waals surface area contributed by atoms with Crippen LogP contribution in [0.15, 0.2) is 42.5 Å². The summed E-state index contributed by atoms with van der Waals surface area (Å²) in [4.78, 5) is 0. The maximum atomic E-state index is 5.91. The van der Waals surface area contributed by atoms with Gasteiger partial charge in [-0.1, -0.05) is 59.7 Å². The van der Waals surface area contributed by atoms with Crippen LogP contribution in [0.3, 0.4) is 0 Å². The topological polar surface area (TPSA) is 0 Å². The Labute approximate surface area is 180 Å². The highest BCUT2D eigenvalue weighted by atomic mass is 127. The summed E-state index contributed by atoms with van der Waals surface area (Å²) in [7, 11) is 0. The van der Waals surface area contributed by atoms with Crippen molar-refractivity contribution in [3.63, 3.8) is 0 Å². The molecule has 0 fully saturated rings. The molecule has 0 heterocycles. The number of alkyl halides is 1. The molecule has 0 atom stereocenters. The molecule has 0 aliphatic heterocycles. The first kappa shape index (κ1) is 22.2. The third-order valence-electron chi connectivity index (χ3n) is 3.73. The standard InChI is InChI=1S/C11H14ClI.C10H13I/c1-11(2,3)10-5-4-9(13)6-8(10)7-12;1-10(2,3)8-4-6-9(11)7-5-8/h4-6H,7H2,1-3H3;4-7H,1-3H3. The van der Waals surface area contributed by atoms with Crippen molar-refractivity contribution in [1.82, 2.24) is 0 Å². The predicted molar refractivity (Wildman–Crippen MR) is 125 cm³/mol. The van der Waals surface area contributed by atoms with Crippen LogP contribution in [0.5, 0.6) is 0 Å². The molecule has 2 aromatic carbocycles. The van der Waals surface area contributed by atoms with E-state index in [1.165, 1.54) is 23.8 Å². The van der Waals surface area contributed by atoms with E-state index in [4.69, 9.17) is 11.6 Å². The zero-order valence-corrected chi connectivity index (χ0v) is 20.5. The summed E-state index contributed by atoms with van der Waals surface area (Å²) >= 11 is 10.5. The molecular formula is C21H27ClI2. The second kappa shape index (κ2) is 9.22. The molecule has 0 amide bonds. The van der Waals surface area contributed by atoms with Gasteiger partial charge in [-0.3, -0.25) is 0 Å². The lowest BCUT2D eigenvalue weighted by Gasteiger charge is -2.22.